The van der Waals surface area contributed by atoms with Crippen molar-refractivity contribution in [3.8, 4) is 0 Å². The van der Waals surface area contributed by atoms with Crippen LogP contribution in [0.2, 0.25) is 0 Å². The lowest BCUT2D eigenvalue weighted by Crippen LogP contribution is -2.66. The van der Waals surface area contributed by atoms with E-state index in [2.05, 4.69) is 10.1 Å². The molecule has 2 fully saturated rings. The number of likely N-dealkylation sites (tertiary alicyclic amines) is 1. The number of oxime groups is 1. The van der Waals surface area contributed by atoms with Crippen molar-refractivity contribution in [1.29, 1.82) is 0 Å². The fourth-order valence-electron chi connectivity index (χ4n) is 3.50. The molecule has 0 aromatic carbocycles. The van der Waals surface area contributed by atoms with Gasteiger partial charge in [-0.3, -0.25) is 4.90 Å². The van der Waals surface area contributed by atoms with E-state index in [0.717, 1.165) is 25.9 Å². The second kappa shape index (κ2) is 6.95. The zero-order chi connectivity index (χ0) is 17.2. The van der Waals surface area contributed by atoms with Crippen LogP contribution in [0.15, 0.2) is 5.16 Å². The molecule has 1 saturated heterocycles. The summed E-state index contributed by atoms with van der Waals surface area (Å²) >= 11 is 0. The van der Waals surface area contributed by atoms with Crippen LogP contribution in [-0.4, -0.2) is 64.8 Å². The lowest BCUT2D eigenvalue weighted by Gasteiger charge is -2.48. The molecule has 1 saturated carbocycles. The third kappa shape index (κ3) is 4.28. The van der Waals surface area contributed by atoms with Crippen LogP contribution in [-0.2, 0) is 4.74 Å². The monoisotopic (exact) mass is 326 g/mol. The van der Waals surface area contributed by atoms with Gasteiger partial charge in [-0.2, -0.15) is 0 Å². The molecule has 1 amide bonds. The molecular weight excluding hydrogens is 296 g/mol. The topological polar surface area (TPSA) is 91.4 Å². The first-order valence-electron chi connectivity index (χ1n) is 8.40. The Balaban J connectivity index is 1.92. The highest BCUT2D eigenvalue weighted by molar-refractivity contribution is 5.85. The minimum atomic E-state index is -0.491. The quantitative estimate of drug-likeness (QED) is 0.356. The molecule has 2 rings (SSSR count). The zero-order valence-corrected chi connectivity index (χ0v) is 14.7. The zero-order valence-electron chi connectivity index (χ0n) is 14.7. The molecule has 7 heteroatoms. The maximum absolute atomic E-state index is 12.1. The number of ether oxygens (including phenoxy) is 1. The number of amidine groups is 1. The fraction of sp³-hybridized carbons (Fsp3) is 0.875. The highest BCUT2D eigenvalue weighted by atomic mass is 16.6. The van der Waals surface area contributed by atoms with E-state index in [-0.39, 0.29) is 24.0 Å². The van der Waals surface area contributed by atoms with Crippen LogP contribution in [0.1, 0.15) is 46.5 Å². The van der Waals surface area contributed by atoms with Crippen molar-refractivity contribution in [2.45, 2.75) is 64.1 Å². The molecule has 1 aliphatic heterocycles. The van der Waals surface area contributed by atoms with E-state index in [9.17, 15) is 4.79 Å². The van der Waals surface area contributed by atoms with Crippen molar-refractivity contribution >= 4 is 11.9 Å². The number of hydrogen-bond acceptors (Lipinski definition) is 5. The van der Waals surface area contributed by atoms with Gasteiger partial charge in [0.15, 0.2) is 5.84 Å². The molecule has 7 nitrogen and oxygen atoms in total. The van der Waals surface area contributed by atoms with E-state index in [1.807, 2.05) is 20.8 Å². The summed E-state index contributed by atoms with van der Waals surface area (Å²) in [5.41, 5.74) is 5.43. The minimum absolute atomic E-state index is 0.0224. The summed E-state index contributed by atoms with van der Waals surface area (Å²) in [6, 6.07) is 0.0889. The van der Waals surface area contributed by atoms with E-state index in [1.54, 1.807) is 11.9 Å². The Hall–Kier alpha value is -1.50. The van der Waals surface area contributed by atoms with E-state index >= 15 is 0 Å². The highest BCUT2D eigenvalue weighted by Gasteiger charge is 2.42. The van der Waals surface area contributed by atoms with Gasteiger partial charge in [0, 0.05) is 20.1 Å². The maximum atomic E-state index is 12.1. The fourth-order valence-corrected chi connectivity index (χ4v) is 3.50. The summed E-state index contributed by atoms with van der Waals surface area (Å²) < 4.78 is 5.40. The third-order valence-electron chi connectivity index (χ3n) is 4.78. The Labute approximate surface area is 138 Å². The Morgan fingerprint density at radius 2 is 1.91 bits per heavy atom. The molecule has 0 spiro atoms. The van der Waals surface area contributed by atoms with Crippen LogP contribution in [0.5, 0.6) is 0 Å². The van der Waals surface area contributed by atoms with Crippen LogP contribution in [0.25, 0.3) is 0 Å². The van der Waals surface area contributed by atoms with Gasteiger partial charge in [0.25, 0.3) is 0 Å². The predicted octanol–water partition coefficient (Wildman–Crippen LogP) is 1.84. The summed E-state index contributed by atoms with van der Waals surface area (Å²) in [5.74, 6) is 0.731. The maximum Gasteiger partial charge on any atom is 0.410 e. The Kier molecular flexibility index (Phi) is 5.39. The van der Waals surface area contributed by atoms with Gasteiger partial charge in [0.05, 0.1) is 12.1 Å². The number of amides is 1. The minimum Gasteiger partial charge on any atom is -0.444 e. The number of likely N-dealkylation sites (N-methyl/N-ethyl adjacent to an activating group) is 1. The summed E-state index contributed by atoms with van der Waals surface area (Å²) in [6.45, 7) is 7.04. The van der Waals surface area contributed by atoms with E-state index < -0.39 is 5.60 Å². The van der Waals surface area contributed by atoms with Gasteiger partial charge in [-0.1, -0.05) is 18.0 Å². The Bertz CT molecular complexity index is 449. The van der Waals surface area contributed by atoms with Gasteiger partial charge < -0.3 is 20.6 Å². The molecule has 23 heavy (non-hydrogen) atoms. The highest BCUT2D eigenvalue weighted by Crippen LogP contribution is 2.33. The molecule has 0 radical (unpaired) electrons. The number of carbonyl (C=O) groups is 1. The molecule has 0 unspecified atom stereocenters. The Morgan fingerprint density at radius 1 is 1.35 bits per heavy atom. The van der Waals surface area contributed by atoms with E-state index in [1.165, 1.54) is 12.8 Å². The van der Waals surface area contributed by atoms with Gasteiger partial charge in [0.1, 0.15) is 5.60 Å². The van der Waals surface area contributed by atoms with Crippen LogP contribution in [0.4, 0.5) is 4.79 Å². The number of carbonyl (C=O) groups excluding carboxylic acids is 1. The molecule has 3 N–H and O–H groups in total. The van der Waals surface area contributed by atoms with Crippen LogP contribution >= 0.6 is 0 Å². The SMILES string of the molecule is CN(C(=O)OC(C)(C)C)C1CN([C@H](C(N)=NO)C2CCCC2)C1. The molecule has 0 bridgehead atoms. The first-order chi connectivity index (χ1) is 10.7. The average molecular weight is 326 g/mol. The smallest absolute Gasteiger partial charge is 0.410 e. The Morgan fingerprint density at radius 3 is 2.39 bits per heavy atom. The summed E-state index contributed by atoms with van der Waals surface area (Å²) in [7, 11) is 1.77. The molecule has 1 atom stereocenters. The normalized spacial score (nSPS) is 22.7. The first-order valence-corrected chi connectivity index (χ1v) is 8.40. The molecule has 1 aliphatic carbocycles. The molecule has 132 valence electrons. The van der Waals surface area contributed by atoms with Crippen molar-refractivity contribution < 1.29 is 14.7 Å². The number of rotatable bonds is 4. The van der Waals surface area contributed by atoms with Crippen molar-refractivity contribution in [1.82, 2.24) is 9.80 Å². The van der Waals surface area contributed by atoms with Gasteiger partial charge >= 0.3 is 6.09 Å². The summed E-state index contributed by atoms with van der Waals surface area (Å²) in [4.78, 5) is 16.0. The molecular formula is C16H30N4O3. The second-order valence-electron chi connectivity index (χ2n) is 7.71. The van der Waals surface area contributed by atoms with Gasteiger partial charge in [0.2, 0.25) is 0 Å². The molecule has 0 aromatic heterocycles. The lowest BCUT2D eigenvalue weighted by molar-refractivity contribution is -0.0141. The average Bonchev–Trinajstić information content (AvgIpc) is 2.92. The third-order valence-corrected chi connectivity index (χ3v) is 4.78. The first kappa shape index (κ1) is 17.8. The molecule has 1 heterocycles. The number of nitrogens with zero attached hydrogens (tertiary/aromatic N) is 3. The largest absolute Gasteiger partial charge is 0.444 e. The summed E-state index contributed by atoms with van der Waals surface area (Å²) in [5, 5.41) is 12.3. The standard InChI is InChI=1S/C16H30N4O3/c1-16(2,3)23-15(21)19(4)12-9-20(10-12)13(14(17)18-22)11-7-5-6-8-11/h11-13,22H,5-10H2,1-4H3,(H2,17,18)/t13-/m0/s1. The van der Waals surface area contributed by atoms with Crippen molar-refractivity contribution in [2.75, 3.05) is 20.1 Å². The van der Waals surface area contributed by atoms with E-state index in [4.69, 9.17) is 15.7 Å². The van der Waals surface area contributed by atoms with Gasteiger partial charge in [-0.25, -0.2) is 4.79 Å². The van der Waals surface area contributed by atoms with Crippen molar-refractivity contribution in [3.63, 3.8) is 0 Å². The molecule has 0 aromatic rings. The molecule has 2 aliphatic rings. The van der Waals surface area contributed by atoms with Crippen LogP contribution < -0.4 is 5.73 Å². The number of hydrogen-bond donors (Lipinski definition) is 2. The van der Waals surface area contributed by atoms with Gasteiger partial charge in [-0.15, -0.1) is 0 Å². The van der Waals surface area contributed by atoms with Crippen molar-refractivity contribution in [3.05, 3.63) is 0 Å². The lowest BCUT2D eigenvalue weighted by atomic mass is 9.91. The van der Waals surface area contributed by atoms with E-state index in [0.29, 0.717) is 5.92 Å². The van der Waals surface area contributed by atoms with Crippen LogP contribution in [0, 0.1) is 5.92 Å². The van der Waals surface area contributed by atoms with Gasteiger partial charge in [-0.05, 0) is 39.5 Å². The second-order valence-corrected chi connectivity index (χ2v) is 7.71. The van der Waals surface area contributed by atoms with Crippen molar-refractivity contribution in [2.24, 2.45) is 16.8 Å². The van der Waals surface area contributed by atoms with Crippen LogP contribution in [0.3, 0.4) is 0 Å². The number of nitrogens with two attached hydrogens (primary N) is 1. The predicted molar refractivity (Wildman–Crippen MR) is 88.5 cm³/mol. The summed E-state index contributed by atoms with van der Waals surface area (Å²) in [6.07, 6.45) is 4.33.